The first-order valence-corrected chi connectivity index (χ1v) is 6.57. The van der Waals surface area contributed by atoms with Gasteiger partial charge in [-0.15, -0.1) is 0 Å². The van der Waals surface area contributed by atoms with Gasteiger partial charge in [-0.2, -0.15) is 15.0 Å². The number of thioether (sulfide) groups is 1. The van der Waals surface area contributed by atoms with E-state index in [0.717, 1.165) is 30.0 Å². The van der Waals surface area contributed by atoms with E-state index < -0.39 is 17.5 Å². The summed E-state index contributed by atoms with van der Waals surface area (Å²) < 4.78 is 26.3. The zero-order chi connectivity index (χ0) is 15.4. The maximum atomic E-state index is 13.3. The van der Waals surface area contributed by atoms with Crippen molar-refractivity contribution < 1.29 is 13.6 Å². The van der Waals surface area contributed by atoms with Crippen molar-refractivity contribution in [3.05, 3.63) is 29.8 Å². The molecule has 0 aliphatic rings. The van der Waals surface area contributed by atoms with Crippen molar-refractivity contribution in [3.63, 3.8) is 0 Å². The summed E-state index contributed by atoms with van der Waals surface area (Å²) in [6.45, 7) is 0. The number of hydrogen-bond donors (Lipinski definition) is 3. The molecule has 1 aromatic heterocycles. The lowest BCUT2D eigenvalue weighted by atomic mass is 10.3. The molecule has 21 heavy (non-hydrogen) atoms. The average Bonchev–Trinajstić information content (AvgIpc) is 2.40. The van der Waals surface area contributed by atoms with Crippen LogP contribution in [-0.2, 0) is 4.79 Å². The second-order valence-electron chi connectivity index (χ2n) is 3.80. The molecular weight excluding hydrogens is 302 g/mol. The van der Waals surface area contributed by atoms with Gasteiger partial charge in [-0.25, -0.2) is 8.78 Å². The lowest BCUT2D eigenvalue weighted by Crippen LogP contribution is -2.15. The molecule has 0 aliphatic heterocycles. The first-order valence-electron chi connectivity index (χ1n) is 5.59. The number of amides is 1. The third kappa shape index (κ3) is 4.24. The number of carbonyl (C=O) groups excluding carboxylic acids is 1. The molecule has 7 nitrogen and oxygen atoms in total. The number of nitrogens with one attached hydrogen (secondary N) is 1. The first kappa shape index (κ1) is 14.9. The number of nitrogens with two attached hydrogens (primary N) is 2. The van der Waals surface area contributed by atoms with Crippen LogP contribution in [0.3, 0.4) is 0 Å². The Morgan fingerprint density at radius 3 is 2.52 bits per heavy atom. The van der Waals surface area contributed by atoms with E-state index in [0.29, 0.717) is 0 Å². The van der Waals surface area contributed by atoms with Gasteiger partial charge in [0, 0.05) is 6.07 Å². The Hall–Kier alpha value is -2.49. The SMILES string of the molecule is Nc1nc(N)nc(SCC(=O)Nc2cc(F)ccc2F)n1. The van der Waals surface area contributed by atoms with Crippen molar-refractivity contribution in [2.45, 2.75) is 5.16 Å². The van der Waals surface area contributed by atoms with Crippen LogP contribution in [-0.4, -0.2) is 26.6 Å². The number of rotatable bonds is 4. The molecule has 5 N–H and O–H groups in total. The minimum absolute atomic E-state index is 0.0680. The van der Waals surface area contributed by atoms with Gasteiger partial charge in [0.1, 0.15) is 11.6 Å². The highest BCUT2D eigenvalue weighted by molar-refractivity contribution is 7.99. The van der Waals surface area contributed by atoms with E-state index in [-0.39, 0.29) is 28.5 Å². The summed E-state index contributed by atoms with van der Waals surface area (Å²) in [5, 5.41) is 2.40. The number of halogens is 2. The van der Waals surface area contributed by atoms with Crippen LogP contribution in [0, 0.1) is 11.6 Å². The molecule has 0 unspecified atom stereocenters. The highest BCUT2D eigenvalue weighted by atomic mass is 32.2. The molecule has 0 spiro atoms. The maximum absolute atomic E-state index is 13.3. The van der Waals surface area contributed by atoms with Crippen molar-refractivity contribution in [1.82, 2.24) is 15.0 Å². The normalized spacial score (nSPS) is 10.4. The van der Waals surface area contributed by atoms with Crippen LogP contribution in [0.4, 0.5) is 26.4 Å². The smallest absolute Gasteiger partial charge is 0.234 e. The van der Waals surface area contributed by atoms with Gasteiger partial charge in [-0.05, 0) is 12.1 Å². The zero-order valence-corrected chi connectivity index (χ0v) is 11.3. The molecule has 0 saturated carbocycles. The van der Waals surface area contributed by atoms with Crippen LogP contribution >= 0.6 is 11.8 Å². The van der Waals surface area contributed by atoms with Crippen LogP contribution in [0.2, 0.25) is 0 Å². The monoisotopic (exact) mass is 312 g/mol. The Bertz CT molecular complexity index is 664. The summed E-state index contributed by atoms with van der Waals surface area (Å²) in [7, 11) is 0. The molecule has 10 heteroatoms. The van der Waals surface area contributed by atoms with Gasteiger partial charge in [0.15, 0.2) is 5.16 Å². The fourth-order valence-corrected chi connectivity index (χ4v) is 2.01. The van der Waals surface area contributed by atoms with E-state index in [1.807, 2.05) is 0 Å². The molecule has 0 fully saturated rings. The molecule has 1 aromatic carbocycles. The Morgan fingerprint density at radius 2 is 1.86 bits per heavy atom. The standard InChI is InChI=1S/C11H10F2N6OS/c12-5-1-2-6(13)7(3-5)16-8(20)4-21-11-18-9(14)17-10(15)19-11/h1-3H,4H2,(H,16,20)(H4,14,15,17,18,19). The van der Waals surface area contributed by atoms with Crippen LogP contribution in [0.5, 0.6) is 0 Å². The minimum atomic E-state index is -0.733. The van der Waals surface area contributed by atoms with Crippen molar-refractivity contribution in [1.29, 1.82) is 0 Å². The van der Waals surface area contributed by atoms with Gasteiger partial charge >= 0.3 is 0 Å². The third-order valence-electron chi connectivity index (χ3n) is 2.18. The summed E-state index contributed by atoms with van der Waals surface area (Å²) in [6, 6.07) is 2.76. The number of aromatic nitrogens is 3. The molecule has 1 heterocycles. The Morgan fingerprint density at radius 1 is 1.19 bits per heavy atom. The molecule has 2 rings (SSSR count). The summed E-state index contributed by atoms with van der Waals surface area (Å²) in [5.74, 6) is -2.20. The fraction of sp³-hybridized carbons (Fsp3) is 0.0909. The molecule has 0 aliphatic carbocycles. The second kappa shape index (κ2) is 6.31. The van der Waals surface area contributed by atoms with Crippen molar-refractivity contribution >= 4 is 35.3 Å². The summed E-state index contributed by atoms with van der Waals surface area (Å²) in [6.07, 6.45) is 0. The minimum Gasteiger partial charge on any atom is -0.368 e. The van der Waals surface area contributed by atoms with E-state index in [4.69, 9.17) is 11.5 Å². The van der Waals surface area contributed by atoms with Gasteiger partial charge in [-0.3, -0.25) is 4.79 Å². The average molecular weight is 312 g/mol. The highest BCUT2D eigenvalue weighted by Crippen LogP contribution is 2.18. The number of nitrogens with zero attached hydrogens (tertiary/aromatic N) is 3. The predicted octanol–water partition coefficient (Wildman–Crippen LogP) is 1.04. The molecule has 1 amide bonds. The Kier molecular flexibility index (Phi) is 4.48. The molecule has 0 bridgehead atoms. The summed E-state index contributed by atoms with van der Waals surface area (Å²) in [5.41, 5.74) is 10.5. The number of hydrogen-bond acceptors (Lipinski definition) is 7. The van der Waals surface area contributed by atoms with Crippen LogP contribution in [0.25, 0.3) is 0 Å². The van der Waals surface area contributed by atoms with E-state index >= 15 is 0 Å². The third-order valence-corrected chi connectivity index (χ3v) is 3.03. The number of benzene rings is 1. The Balaban J connectivity index is 1.97. The van der Waals surface area contributed by atoms with Crippen molar-refractivity contribution in [2.75, 3.05) is 22.5 Å². The first-order chi connectivity index (χ1) is 9.94. The largest absolute Gasteiger partial charge is 0.368 e. The fourth-order valence-electron chi connectivity index (χ4n) is 1.36. The van der Waals surface area contributed by atoms with E-state index in [1.165, 1.54) is 0 Å². The molecule has 2 aromatic rings. The molecule has 0 atom stereocenters. The van der Waals surface area contributed by atoms with Crippen molar-refractivity contribution in [2.24, 2.45) is 0 Å². The second-order valence-corrected chi connectivity index (χ2v) is 4.74. The quantitative estimate of drug-likeness (QED) is 0.721. The van der Waals surface area contributed by atoms with Gasteiger partial charge in [0.05, 0.1) is 11.4 Å². The summed E-state index contributed by atoms with van der Waals surface area (Å²) in [4.78, 5) is 22.8. The van der Waals surface area contributed by atoms with E-state index in [9.17, 15) is 13.6 Å². The van der Waals surface area contributed by atoms with E-state index in [2.05, 4.69) is 20.3 Å². The van der Waals surface area contributed by atoms with Crippen LogP contribution in [0.1, 0.15) is 0 Å². The van der Waals surface area contributed by atoms with Crippen LogP contribution in [0.15, 0.2) is 23.4 Å². The number of carbonyl (C=O) groups is 1. The van der Waals surface area contributed by atoms with Gasteiger partial charge in [0.25, 0.3) is 0 Å². The van der Waals surface area contributed by atoms with Gasteiger partial charge < -0.3 is 16.8 Å². The molecule has 0 radical (unpaired) electrons. The predicted molar refractivity (Wildman–Crippen MR) is 74.4 cm³/mol. The van der Waals surface area contributed by atoms with Gasteiger partial charge in [0.2, 0.25) is 17.8 Å². The summed E-state index contributed by atoms with van der Waals surface area (Å²) >= 11 is 0.936. The number of nitrogen functional groups attached to an aromatic ring is 2. The maximum Gasteiger partial charge on any atom is 0.234 e. The topological polar surface area (TPSA) is 120 Å². The Labute approximate surface area is 122 Å². The lowest BCUT2D eigenvalue weighted by molar-refractivity contribution is -0.113. The number of anilines is 3. The van der Waals surface area contributed by atoms with Crippen LogP contribution < -0.4 is 16.8 Å². The highest BCUT2D eigenvalue weighted by Gasteiger charge is 2.10. The molecular formula is C11H10F2N6OS. The lowest BCUT2D eigenvalue weighted by Gasteiger charge is -2.06. The van der Waals surface area contributed by atoms with Crippen molar-refractivity contribution in [3.8, 4) is 0 Å². The molecule has 110 valence electrons. The zero-order valence-electron chi connectivity index (χ0n) is 10.5. The molecule has 0 saturated heterocycles. The van der Waals surface area contributed by atoms with E-state index in [1.54, 1.807) is 0 Å². The van der Waals surface area contributed by atoms with Gasteiger partial charge in [-0.1, -0.05) is 11.8 Å².